The highest BCUT2D eigenvalue weighted by Gasteiger charge is 2.14. The first-order chi connectivity index (χ1) is 14.6. The number of nitrogens with zero attached hydrogens (tertiary/aromatic N) is 4. The van der Waals surface area contributed by atoms with E-state index in [0.29, 0.717) is 17.2 Å². The number of benzene rings is 2. The first-order valence-corrected chi connectivity index (χ1v) is 9.90. The van der Waals surface area contributed by atoms with Gasteiger partial charge in [0.1, 0.15) is 5.69 Å². The zero-order valence-electron chi connectivity index (χ0n) is 16.7. The molecule has 0 saturated carbocycles. The molecule has 2 aromatic carbocycles. The van der Waals surface area contributed by atoms with Crippen LogP contribution in [0.3, 0.4) is 0 Å². The molecule has 1 saturated heterocycles. The maximum absolute atomic E-state index is 12.7. The van der Waals surface area contributed by atoms with Crippen molar-refractivity contribution >= 4 is 28.9 Å². The smallest absolute Gasteiger partial charge is 0.274 e. The van der Waals surface area contributed by atoms with Crippen molar-refractivity contribution in [2.75, 3.05) is 28.6 Å². The van der Waals surface area contributed by atoms with Gasteiger partial charge in [-0.25, -0.2) is 9.97 Å². The van der Waals surface area contributed by atoms with Gasteiger partial charge >= 0.3 is 0 Å². The van der Waals surface area contributed by atoms with Crippen molar-refractivity contribution in [1.29, 1.82) is 5.26 Å². The molecule has 1 aromatic heterocycles. The van der Waals surface area contributed by atoms with Crippen LogP contribution in [-0.4, -0.2) is 29.0 Å². The summed E-state index contributed by atoms with van der Waals surface area (Å²) in [4.78, 5) is 23.8. The lowest BCUT2D eigenvalue weighted by atomic mass is 10.2. The summed E-state index contributed by atoms with van der Waals surface area (Å²) in [6.07, 6.45) is 2.45. The standard InChI is InChI=1S/C23H22N6O/c1-16-14-21(28-23(25-16)27-19-6-4-17(15-24)5-7-19)22(30)26-18-8-10-20(11-9-18)29-12-2-3-13-29/h4-11,14H,2-3,12-13H2,1H3,(H,26,30)(H,25,27,28). The number of amides is 1. The van der Waals surface area contributed by atoms with Crippen LogP contribution in [0.25, 0.3) is 0 Å². The molecule has 2 heterocycles. The molecule has 150 valence electrons. The van der Waals surface area contributed by atoms with E-state index in [0.717, 1.165) is 24.5 Å². The average Bonchev–Trinajstić information content (AvgIpc) is 3.29. The van der Waals surface area contributed by atoms with Gasteiger partial charge in [0.05, 0.1) is 11.6 Å². The van der Waals surface area contributed by atoms with Crippen molar-refractivity contribution in [3.8, 4) is 6.07 Å². The van der Waals surface area contributed by atoms with Crippen molar-refractivity contribution in [3.63, 3.8) is 0 Å². The van der Waals surface area contributed by atoms with Gasteiger partial charge in [-0.2, -0.15) is 5.26 Å². The van der Waals surface area contributed by atoms with Crippen LogP contribution in [-0.2, 0) is 0 Å². The summed E-state index contributed by atoms with van der Waals surface area (Å²) in [5.41, 5.74) is 4.17. The summed E-state index contributed by atoms with van der Waals surface area (Å²) in [6, 6.07) is 18.6. The summed E-state index contributed by atoms with van der Waals surface area (Å²) >= 11 is 0. The van der Waals surface area contributed by atoms with Gasteiger partial charge < -0.3 is 15.5 Å². The minimum Gasteiger partial charge on any atom is -0.372 e. The highest BCUT2D eigenvalue weighted by molar-refractivity contribution is 6.03. The van der Waals surface area contributed by atoms with Crippen LogP contribution in [0.15, 0.2) is 54.6 Å². The minimum absolute atomic E-state index is 0.280. The highest BCUT2D eigenvalue weighted by Crippen LogP contribution is 2.22. The lowest BCUT2D eigenvalue weighted by Crippen LogP contribution is -2.18. The fourth-order valence-electron chi connectivity index (χ4n) is 3.42. The van der Waals surface area contributed by atoms with E-state index in [2.05, 4.69) is 31.6 Å². The summed E-state index contributed by atoms with van der Waals surface area (Å²) in [6.45, 7) is 3.98. The summed E-state index contributed by atoms with van der Waals surface area (Å²) in [5, 5.41) is 14.9. The van der Waals surface area contributed by atoms with Crippen molar-refractivity contribution in [3.05, 3.63) is 71.5 Å². The zero-order chi connectivity index (χ0) is 20.9. The first-order valence-electron chi connectivity index (χ1n) is 9.90. The zero-order valence-corrected chi connectivity index (χ0v) is 16.7. The molecule has 0 unspecified atom stereocenters. The molecule has 2 N–H and O–H groups in total. The Kier molecular flexibility index (Phi) is 5.57. The van der Waals surface area contributed by atoms with E-state index in [4.69, 9.17) is 5.26 Å². The topological polar surface area (TPSA) is 93.9 Å². The second-order valence-corrected chi connectivity index (χ2v) is 7.23. The van der Waals surface area contributed by atoms with Crippen molar-refractivity contribution in [2.45, 2.75) is 19.8 Å². The van der Waals surface area contributed by atoms with E-state index < -0.39 is 0 Å². The fourth-order valence-corrected chi connectivity index (χ4v) is 3.42. The van der Waals surface area contributed by atoms with Gasteiger partial charge in [-0.1, -0.05) is 0 Å². The number of nitriles is 1. The third-order valence-electron chi connectivity index (χ3n) is 4.95. The molecule has 1 fully saturated rings. The number of nitrogens with one attached hydrogen (secondary N) is 2. The largest absolute Gasteiger partial charge is 0.372 e. The lowest BCUT2D eigenvalue weighted by Gasteiger charge is -2.17. The molecule has 0 spiro atoms. The Balaban J connectivity index is 1.46. The second kappa shape index (κ2) is 8.62. The molecule has 7 heteroatoms. The Morgan fingerprint density at radius 1 is 1.00 bits per heavy atom. The van der Waals surface area contributed by atoms with Gasteiger partial charge in [-0.3, -0.25) is 4.79 Å². The van der Waals surface area contributed by atoms with Crippen LogP contribution in [0.2, 0.25) is 0 Å². The molecular weight excluding hydrogens is 376 g/mol. The Morgan fingerprint density at radius 2 is 1.67 bits per heavy atom. The Bertz CT molecular complexity index is 1080. The first kappa shape index (κ1) is 19.4. The number of hydrogen-bond donors (Lipinski definition) is 2. The lowest BCUT2D eigenvalue weighted by molar-refractivity contribution is 0.102. The van der Waals surface area contributed by atoms with Crippen molar-refractivity contribution in [2.24, 2.45) is 0 Å². The molecule has 0 atom stereocenters. The predicted molar refractivity (Wildman–Crippen MR) is 117 cm³/mol. The van der Waals surface area contributed by atoms with E-state index in [1.165, 1.54) is 18.5 Å². The third kappa shape index (κ3) is 4.55. The number of aryl methyl sites for hydroxylation is 1. The number of carbonyl (C=O) groups is 1. The summed E-state index contributed by atoms with van der Waals surface area (Å²) < 4.78 is 0. The van der Waals surface area contributed by atoms with Crippen LogP contribution in [0.4, 0.5) is 23.0 Å². The molecule has 0 bridgehead atoms. The number of rotatable bonds is 5. The molecule has 4 rings (SSSR count). The molecule has 30 heavy (non-hydrogen) atoms. The second-order valence-electron chi connectivity index (χ2n) is 7.23. The maximum atomic E-state index is 12.7. The van der Waals surface area contributed by atoms with Crippen LogP contribution in [0, 0.1) is 18.3 Å². The van der Waals surface area contributed by atoms with Gasteiger partial charge in [0.25, 0.3) is 5.91 Å². The van der Waals surface area contributed by atoms with Gasteiger partial charge in [0.2, 0.25) is 5.95 Å². The quantitative estimate of drug-likeness (QED) is 0.667. The molecular formula is C23H22N6O. The molecule has 1 amide bonds. The molecule has 0 aliphatic carbocycles. The van der Waals surface area contributed by atoms with Crippen molar-refractivity contribution in [1.82, 2.24) is 9.97 Å². The monoisotopic (exact) mass is 398 g/mol. The molecule has 7 nitrogen and oxygen atoms in total. The van der Waals surface area contributed by atoms with E-state index in [9.17, 15) is 4.79 Å². The van der Waals surface area contributed by atoms with E-state index in [1.54, 1.807) is 30.3 Å². The van der Waals surface area contributed by atoms with Gasteiger partial charge in [0.15, 0.2) is 0 Å². The van der Waals surface area contributed by atoms with Gasteiger partial charge in [-0.05, 0) is 74.4 Å². The number of hydrogen-bond acceptors (Lipinski definition) is 6. The third-order valence-corrected chi connectivity index (χ3v) is 4.95. The minimum atomic E-state index is -0.294. The van der Waals surface area contributed by atoms with E-state index in [-0.39, 0.29) is 11.6 Å². The van der Waals surface area contributed by atoms with Crippen molar-refractivity contribution < 1.29 is 4.79 Å². The summed E-state index contributed by atoms with van der Waals surface area (Å²) in [5.74, 6) is 0.0338. The summed E-state index contributed by atoms with van der Waals surface area (Å²) in [7, 11) is 0. The molecule has 0 radical (unpaired) electrons. The van der Waals surface area contributed by atoms with E-state index >= 15 is 0 Å². The molecule has 1 aliphatic rings. The Hall–Kier alpha value is -3.92. The Morgan fingerprint density at radius 3 is 2.33 bits per heavy atom. The van der Waals surface area contributed by atoms with Crippen LogP contribution >= 0.6 is 0 Å². The van der Waals surface area contributed by atoms with Crippen LogP contribution < -0.4 is 15.5 Å². The van der Waals surface area contributed by atoms with Gasteiger partial charge in [-0.15, -0.1) is 0 Å². The van der Waals surface area contributed by atoms with Crippen LogP contribution in [0.5, 0.6) is 0 Å². The normalized spacial score (nSPS) is 13.0. The fraction of sp³-hybridized carbons (Fsp3) is 0.217. The number of aromatic nitrogens is 2. The SMILES string of the molecule is Cc1cc(C(=O)Nc2ccc(N3CCCC3)cc2)nc(Nc2ccc(C#N)cc2)n1. The number of carbonyl (C=O) groups excluding carboxylic acids is 1. The van der Waals surface area contributed by atoms with Crippen LogP contribution in [0.1, 0.15) is 34.6 Å². The van der Waals surface area contributed by atoms with E-state index in [1.807, 2.05) is 31.2 Å². The number of anilines is 4. The molecule has 3 aromatic rings. The maximum Gasteiger partial charge on any atom is 0.274 e. The molecule has 1 aliphatic heterocycles. The highest BCUT2D eigenvalue weighted by atomic mass is 16.1. The predicted octanol–water partition coefficient (Wildman–Crippen LogP) is 4.25. The average molecular weight is 398 g/mol. The Labute approximate surface area is 175 Å². The van der Waals surface area contributed by atoms with Gasteiger partial charge in [0, 0.05) is 35.8 Å².